The van der Waals surface area contributed by atoms with Crippen molar-refractivity contribution in [2.75, 3.05) is 14.2 Å². The Bertz CT molecular complexity index is 610. The van der Waals surface area contributed by atoms with Crippen molar-refractivity contribution >= 4 is 0 Å². The number of methoxy groups -OCH3 is 1. The van der Waals surface area contributed by atoms with Gasteiger partial charge in [0, 0.05) is 5.56 Å². The van der Waals surface area contributed by atoms with Crippen molar-refractivity contribution < 1.29 is 9.13 Å². The summed E-state index contributed by atoms with van der Waals surface area (Å²) in [5, 5.41) is 3.19. The van der Waals surface area contributed by atoms with Crippen LogP contribution in [0, 0.1) is 19.7 Å². The highest BCUT2D eigenvalue weighted by Crippen LogP contribution is 2.30. The molecule has 2 nitrogen and oxygen atoms in total. The van der Waals surface area contributed by atoms with Gasteiger partial charge in [-0.2, -0.15) is 0 Å². The van der Waals surface area contributed by atoms with Gasteiger partial charge in [-0.15, -0.1) is 0 Å². The molecule has 20 heavy (non-hydrogen) atoms. The summed E-state index contributed by atoms with van der Waals surface area (Å²) in [6.45, 7) is 4.10. The smallest absolute Gasteiger partial charge is 0.170 e. The van der Waals surface area contributed by atoms with Crippen LogP contribution in [0.3, 0.4) is 0 Å². The molecular formula is C17H20FNO. The first-order valence-corrected chi connectivity index (χ1v) is 6.65. The summed E-state index contributed by atoms with van der Waals surface area (Å²) in [6, 6.07) is 11.2. The minimum atomic E-state index is -0.311. The third-order valence-electron chi connectivity index (χ3n) is 3.55. The summed E-state index contributed by atoms with van der Waals surface area (Å²) in [6.07, 6.45) is 0. The number of benzene rings is 2. The third kappa shape index (κ3) is 2.68. The van der Waals surface area contributed by atoms with E-state index in [0.717, 1.165) is 11.1 Å². The lowest BCUT2D eigenvalue weighted by Gasteiger charge is -2.21. The SMILES string of the molecule is CNC(c1ccc(C)cc1C)c1cccc(OC)c1F. The molecule has 1 atom stereocenters. The summed E-state index contributed by atoms with van der Waals surface area (Å²) in [5.41, 5.74) is 4.02. The van der Waals surface area contributed by atoms with Gasteiger partial charge in [0.15, 0.2) is 11.6 Å². The van der Waals surface area contributed by atoms with E-state index in [9.17, 15) is 4.39 Å². The minimum Gasteiger partial charge on any atom is -0.494 e. The zero-order valence-corrected chi connectivity index (χ0v) is 12.3. The average molecular weight is 273 g/mol. The Labute approximate surface area is 119 Å². The molecule has 0 radical (unpaired) electrons. The second kappa shape index (κ2) is 6.06. The predicted molar refractivity (Wildman–Crippen MR) is 79.8 cm³/mol. The van der Waals surface area contributed by atoms with Gasteiger partial charge in [-0.1, -0.05) is 35.9 Å². The summed E-state index contributed by atoms with van der Waals surface area (Å²) < 4.78 is 19.5. The van der Waals surface area contributed by atoms with Gasteiger partial charge in [-0.3, -0.25) is 0 Å². The van der Waals surface area contributed by atoms with Crippen LogP contribution in [-0.2, 0) is 0 Å². The zero-order valence-electron chi connectivity index (χ0n) is 12.3. The van der Waals surface area contributed by atoms with Crippen LogP contribution < -0.4 is 10.1 Å². The van der Waals surface area contributed by atoms with E-state index in [1.165, 1.54) is 12.7 Å². The van der Waals surface area contributed by atoms with Crippen molar-refractivity contribution in [1.82, 2.24) is 5.32 Å². The van der Waals surface area contributed by atoms with Crippen LogP contribution >= 0.6 is 0 Å². The molecule has 2 aromatic rings. The van der Waals surface area contributed by atoms with E-state index in [-0.39, 0.29) is 17.6 Å². The zero-order chi connectivity index (χ0) is 14.7. The summed E-state index contributed by atoms with van der Waals surface area (Å²) in [4.78, 5) is 0. The second-order valence-corrected chi connectivity index (χ2v) is 4.95. The second-order valence-electron chi connectivity index (χ2n) is 4.95. The lowest BCUT2D eigenvalue weighted by Crippen LogP contribution is -2.20. The fourth-order valence-corrected chi connectivity index (χ4v) is 2.54. The molecule has 0 amide bonds. The molecule has 0 spiro atoms. The van der Waals surface area contributed by atoms with E-state index >= 15 is 0 Å². The molecule has 0 aliphatic rings. The molecule has 106 valence electrons. The van der Waals surface area contributed by atoms with Crippen LogP contribution in [0.2, 0.25) is 0 Å². The Hall–Kier alpha value is -1.87. The number of hydrogen-bond donors (Lipinski definition) is 1. The number of nitrogens with one attached hydrogen (secondary N) is 1. The molecular weight excluding hydrogens is 253 g/mol. The Morgan fingerprint density at radius 3 is 2.45 bits per heavy atom. The highest BCUT2D eigenvalue weighted by Gasteiger charge is 2.20. The van der Waals surface area contributed by atoms with E-state index in [0.29, 0.717) is 5.56 Å². The van der Waals surface area contributed by atoms with E-state index in [1.807, 2.05) is 32.2 Å². The van der Waals surface area contributed by atoms with Crippen LogP contribution in [-0.4, -0.2) is 14.2 Å². The molecule has 0 aliphatic heterocycles. The monoisotopic (exact) mass is 273 g/mol. The van der Waals surface area contributed by atoms with Crippen LogP contribution in [0.4, 0.5) is 4.39 Å². The van der Waals surface area contributed by atoms with Crippen molar-refractivity contribution in [3.63, 3.8) is 0 Å². The molecule has 2 aromatic carbocycles. The molecule has 3 heteroatoms. The standard InChI is InChI=1S/C17H20FNO/c1-11-8-9-13(12(2)10-11)17(19-3)14-6-5-7-15(20-4)16(14)18/h5-10,17,19H,1-4H3. The molecule has 0 aliphatic carbocycles. The van der Waals surface area contributed by atoms with Gasteiger partial charge in [0.1, 0.15) is 0 Å². The number of hydrogen-bond acceptors (Lipinski definition) is 2. The van der Waals surface area contributed by atoms with Crippen LogP contribution in [0.15, 0.2) is 36.4 Å². The van der Waals surface area contributed by atoms with E-state index in [2.05, 4.69) is 18.3 Å². The summed E-state index contributed by atoms with van der Waals surface area (Å²) in [7, 11) is 3.32. The average Bonchev–Trinajstić information content (AvgIpc) is 2.43. The number of halogens is 1. The van der Waals surface area contributed by atoms with Crippen LogP contribution in [0.1, 0.15) is 28.3 Å². The van der Waals surface area contributed by atoms with Gasteiger partial charge >= 0.3 is 0 Å². The predicted octanol–water partition coefficient (Wildman–Crippen LogP) is 3.76. The maximum absolute atomic E-state index is 14.4. The van der Waals surface area contributed by atoms with Crippen molar-refractivity contribution in [2.45, 2.75) is 19.9 Å². The lowest BCUT2D eigenvalue weighted by atomic mass is 9.93. The molecule has 0 saturated carbocycles. The van der Waals surface area contributed by atoms with Crippen molar-refractivity contribution in [3.05, 3.63) is 64.5 Å². The highest BCUT2D eigenvalue weighted by atomic mass is 19.1. The molecule has 2 rings (SSSR count). The van der Waals surface area contributed by atoms with Gasteiger partial charge in [-0.25, -0.2) is 4.39 Å². The first kappa shape index (κ1) is 14.5. The topological polar surface area (TPSA) is 21.3 Å². The van der Waals surface area contributed by atoms with Crippen LogP contribution in [0.25, 0.3) is 0 Å². The molecule has 0 aromatic heterocycles. The Morgan fingerprint density at radius 1 is 1.10 bits per heavy atom. The van der Waals surface area contributed by atoms with E-state index < -0.39 is 0 Å². The molecule has 1 unspecified atom stereocenters. The van der Waals surface area contributed by atoms with E-state index in [4.69, 9.17) is 4.74 Å². The molecule has 0 heterocycles. The van der Waals surface area contributed by atoms with Gasteiger partial charge in [0.05, 0.1) is 13.2 Å². The maximum Gasteiger partial charge on any atom is 0.170 e. The van der Waals surface area contributed by atoms with Gasteiger partial charge in [0.2, 0.25) is 0 Å². The van der Waals surface area contributed by atoms with Gasteiger partial charge in [0.25, 0.3) is 0 Å². The van der Waals surface area contributed by atoms with Crippen molar-refractivity contribution in [2.24, 2.45) is 0 Å². The van der Waals surface area contributed by atoms with Gasteiger partial charge in [-0.05, 0) is 38.1 Å². The fourth-order valence-electron chi connectivity index (χ4n) is 2.54. The largest absolute Gasteiger partial charge is 0.494 e. The Morgan fingerprint density at radius 2 is 1.85 bits per heavy atom. The Balaban J connectivity index is 2.52. The van der Waals surface area contributed by atoms with E-state index in [1.54, 1.807) is 12.1 Å². The maximum atomic E-state index is 14.4. The summed E-state index contributed by atoms with van der Waals surface area (Å²) >= 11 is 0. The molecule has 0 saturated heterocycles. The number of aryl methyl sites for hydroxylation is 2. The lowest BCUT2D eigenvalue weighted by molar-refractivity contribution is 0.382. The minimum absolute atomic E-state index is 0.189. The number of ether oxygens (including phenoxy) is 1. The quantitative estimate of drug-likeness (QED) is 0.915. The molecule has 1 N–H and O–H groups in total. The summed E-state index contributed by atoms with van der Waals surface area (Å²) in [5.74, 6) is -0.0400. The fraction of sp³-hybridized carbons (Fsp3) is 0.294. The third-order valence-corrected chi connectivity index (χ3v) is 3.55. The van der Waals surface area contributed by atoms with Crippen molar-refractivity contribution in [3.8, 4) is 5.75 Å². The first-order valence-electron chi connectivity index (χ1n) is 6.65. The number of rotatable bonds is 4. The van der Waals surface area contributed by atoms with Crippen LogP contribution in [0.5, 0.6) is 5.75 Å². The normalized spacial score (nSPS) is 12.2. The first-order chi connectivity index (χ1) is 9.58. The van der Waals surface area contributed by atoms with Crippen molar-refractivity contribution in [1.29, 1.82) is 0 Å². The molecule has 0 fully saturated rings. The highest BCUT2D eigenvalue weighted by molar-refractivity contribution is 5.42. The Kier molecular flexibility index (Phi) is 4.40. The molecule has 0 bridgehead atoms. The van der Waals surface area contributed by atoms with Gasteiger partial charge < -0.3 is 10.1 Å².